The van der Waals surface area contributed by atoms with Crippen molar-refractivity contribution in [3.05, 3.63) is 0 Å². The van der Waals surface area contributed by atoms with Gasteiger partial charge < -0.3 is 15.3 Å². The highest BCUT2D eigenvalue weighted by atomic mass is 32.2. The minimum Gasteiger partial charge on any atom is -0.393 e. The number of aliphatic hydroxyl groups is 1. The smallest absolute Gasteiger partial charge is 0.317 e. The Balaban J connectivity index is 1.84. The van der Waals surface area contributed by atoms with Crippen molar-refractivity contribution in [3.8, 4) is 12.3 Å². The van der Waals surface area contributed by atoms with E-state index in [1.807, 2.05) is 4.90 Å². The van der Waals surface area contributed by atoms with Gasteiger partial charge in [-0.2, -0.15) is 0 Å². The fourth-order valence-electron chi connectivity index (χ4n) is 3.77. The van der Waals surface area contributed by atoms with Crippen molar-refractivity contribution in [3.63, 3.8) is 0 Å². The summed E-state index contributed by atoms with van der Waals surface area (Å²) in [5.74, 6) is 5.01. The van der Waals surface area contributed by atoms with Crippen molar-refractivity contribution in [1.29, 1.82) is 0 Å². The summed E-state index contributed by atoms with van der Waals surface area (Å²) in [5.41, 5.74) is 0. The Labute approximate surface area is 138 Å². The van der Waals surface area contributed by atoms with E-state index in [0.717, 1.165) is 44.4 Å². The third kappa shape index (κ3) is 4.57. The highest BCUT2D eigenvalue weighted by Crippen LogP contribution is 2.37. The number of rotatable bonds is 5. The molecule has 0 unspecified atom stereocenters. The number of terminal acetylenes is 1. The molecule has 1 aliphatic heterocycles. The molecule has 2 fully saturated rings. The molecular formula is C17H28N2O2S. The lowest BCUT2D eigenvalue weighted by atomic mass is 9.76. The Kier molecular flexibility index (Phi) is 6.91. The molecule has 0 aromatic carbocycles. The molecule has 1 saturated heterocycles. The van der Waals surface area contributed by atoms with Crippen LogP contribution < -0.4 is 5.32 Å². The molecule has 5 heteroatoms. The fraction of sp³-hybridized carbons (Fsp3) is 0.824. The number of hydrogen-bond donors (Lipinski definition) is 2. The third-order valence-corrected chi connectivity index (χ3v) is 5.75. The van der Waals surface area contributed by atoms with Crippen molar-refractivity contribution in [1.82, 2.24) is 10.2 Å². The lowest BCUT2D eigenvalue weighted by Gasteiger charge is -2.39. The summed E-state index contributed by atoms with van der Waals surface area (Å²) in [4.78, 5) is 14.4. The number of nitrogens with zero attached hydrogens (tertiary/aromatic N) is 1. The molecule has 0 spiro atoms. The van der Waals surface area contributed by atoms with Crippen LogP contribution in [0.15, 0.2) is 0 Å². The van der Waals surface area contributed by atoms with Crippen LogP contribution in [0.2, 0.25) is 0 Å². The van der Waals surface area contributed by atoms with Crippen molar-refractivity contribution in [2.45, 2.75) is 51.2 Å². The predicted molar refractivity (Wildman–Crippen MR) is 91.8 cm³/mol. The van der Waals surface area contributed by atoms with Crippen LogP contribution in [-0.4, -0.2) is 52.8 Å². The minimum atomic E-state index is -0.249. The zero-order valence-corrected chi connectivity index (χ0v) is 14.3. The predicted octanol–water partition coefficient (Wildman–Crippen LogP) is 2.32. The van der Waals surface area contributed by atoms with Crippen molar-refractivity contribution in [2.24, 2.45) is 11.8 Å². The Morgan fingerprint density at radius 2 is 2.27 bits per heavy atom. The number of nitrogens with one attached hydrogen (secondary N) is 1. The molecule has 2 N–H and O–H groups in total. The first kappa shape index (κ1) is 17.5. The lowest BCUT2D eigenvalue weighted by molar-refractivity contribution is 0.0154. The molecule has 0 aromatic heterocycles. The fourth-order valence-corrected chi connectivity index (χ4v) is 4.28. The SMILES string of the molecule is C#CCSCCNC(=O)N1CCC[C@@H]1[C@@H]1C[C@@H](C)CC[C@@H]1O. The number of hydrogen-bond acceptors (Lipinski definition) is 3. The molecule has 1 aliphatic carbocycles. The Morgan fingerprint density at radius 1 is 1.45 bits per heavy atom. The van der Waals surface area contributed by atoms with E-state index in [9.17, 15) is 9.90 Å². The van der Waals surface area contributed by atoms with E-state index in [1.54, 1.807) is 11.8 Å². The van der Waals surface area contributed by atoms with Gasteiger partial charge in [0.25, 0.3) is 0 Å². The van der Waals surface area contributed by atoms with Gasteiger partial charge in [-0.1, -0.05) is 12.8 Å². The summed E-state index contributed by atoms with van der Waals surface area (Å²) in [7, 11) is 0. The van der Waals surface area contributed by atoms with Crippen LogP contribution in [0.1, 0.15) is 39.0 Å². The Morgan fingerprint density at radius 3 is 3.05 bits per heavy atom. The van der Waals surface area contributed by atoms with Crippen LogP contribution in [0.4, 0.5) is 4.79 Å². The second kappa shape index (κ2) is 8.69. The van der Waals surface area contributed by atoms with Crippen molar-refractivity contribution >= 4 is 17.8 Å². The highest BCUT2D eigenvalue weighted by Gasteiger charge is 2.40. The van der Waals surface area contributed by atoms with Crippen LogP contribution in [0.3, 0.4) is 0 Å². The maximum Gasteiger partial charge on any atom is 0.317 e. The van der Waals surface area contributed by atoms with E-state index in [2.05, 4.69) is 18.2 Å². The van der Waals surface area contributed by atoms with Crippen LogP contribution in [0.5, 0.6) is 0 Å². The molecule has 2 rings (SSSR count). The molecule has 1 heterocycles. The van der Waals surface area contributed by atoms with E-state index in [1.165, 1.54) is 0 Å². The molecular weight excluding hydrogens is 296 g/mol. The maximum atomic E-state index is 12.4. The highest BCUT2D eigenvalue weighted by molar-refractivity contribution is 7.99. The number of carbonyl (C=O) groups excluding carboxylic acids is 1. The molecule has 4 nitrogen and oxygen atoms in total. The number of carbonyl (C=O) groups is 1. The summed E-state index contributed by atoms with van der Waals surface area (Å²) >= 11 is 1.66. The number of likely N-dealkylation sites (tertiary alicyclic amines) is 1. The van der Waals surface area contributed by atoms with E-state index in [-0.39, 0.29) is 24.1 Å². The van der Waals surface area contributed by atoms with E-state index in [0.29, 0.717) is 18.2 Å². The van der Waals surface area contributed by atoms with Gasteiger partial charge in [-0.3, -0.25) is 0 Å². The van der Waals surface area contributed by atoms with Gasteiger partial charge in [0.2, 0.25) is 0 Å². The van der Waals surface area contributed by atoms with E-state index in [4.69, 9.17) is 6.42 Å². The second-order valence-corrected chi connectivity index (χ2v) is 7.65. The number of aliphatic hydroxyl groups excluding tert-OH is 1. The van der Waals surface area contributed by atoms with Gasteiger partial charge >= 0.3 is 6.03 Å². The average Bonchev–Trinajstić information content (AvgIpc) is 2.98. The first-order valence-corrected chi connectivity index (χ1v) is 9.52. The minimum absolute atomic E-state index is 0.0224. The van der Waals surface area contributed by atoms with Gasteiger partial charge in [-0.15, -0.1) is 18.2 Å². The number of urea groups is 1. The molecule has 124 valence electrons. The van der Waals surface area contributed by atoms with Gasteiger partial charge in [0.05, 0.1) is 11.9 Å². The quantitative estimate of drug-likeness (QED) is 0.603. The Hall–Kier alpha value is -0.860. The topological polar surface area (TPSA) is 52.6 Å². The number of amides is 2. The first-order chi connectivity index (χ1) is 10.6. The van der Waals surface area contributed by atoms with Gasteiger partial charge in [0, 0.05) is 30.8 Å². The molecule has 4 atom stereocenters. The van der Waals surface area contributed by atoms with Gasteiger partial charge in [0.15, 0.2) is 0 Å². The molecule has 0 bridgehead atoms. The summed E-state index contributed by atoms with van der Waals surface area (Å²) < 4.78 is 0. The van der Waals surface area contributed by atoms with E-state index < -0.39 is 0 Å². The zero-order valence-electron chi connectivity index (χ0n) is 13.5. The monoisotopic (exact) mass is 324 g/mol. The van der Waals surface area contributed by atoms with Crippen molar-refractivity contribution in [2.75, 3.05) is 24.6 Å². The molecule has 2 amide bonds. The van der Waals surface area contributed by atoms with Crippen LogP contribution in [0.25, 0.3) is 0 Å². The number of thioether (sulfide) groups is 1. The van der Waals surface area contributed by atoms with E-state index >= 15 is 0 Å². The second-order valence-electron chi connectivity index (χ2n) is 6.54. The van der Waals surface area contributed by atoms with Crippen molar-refractivity contribution < 1.29 is 9.90 Å². The Bertz CT molecular complexity index is 410. The summed E-state index contributed by atoms with van der Waals surface area (Å²) in [6.07, 6.45) is 10.0. The van der Waals surface area contributed by atoms with Gasteiger partial charge in [-0.05, 0) is 38.0 Å². The molecule has 22 heavy (non-hydrogen) atoms. The van der Waals surface area contributed by atoms with Crippen LogP contribution in [0, 0.1) is 24.2 Å². The zero-order chi connectivity index (χ0) is 15.9. The standard InChI is InChI=1S/C17H28N2O2S/c1-3-10-22-11-8-18-17(21)19-9-4-5-15(19)14-12-13(2)6-7-16(14)20/h1,13-16,20H,4-12H2,2H3,(H,18,21)/t13-,14-,15+,16-/m0/s1. The molecule has 0 aromatic rings. The molecule has 0 radical (unpaired) electrons. The van der Waals surface area contributed by atoms with Gasteiger partial charge in [-0.25, -0.2) is 4.79 Å². The van der Waals surface area contributed by atoms with Gasteiger partial charge in [0.1, 0.15) is 0 Å². The van der Waals surface area contributed by atoms with Crippen LogP contribution >= 0.6 is 11.8 Å². The lowest BCUT2D eigenvalue weighted by Crippen LogP contribution is -2.49. The largest absolute Gasteiger partial charge is 0.393 e. The van der Waals surface area contributed by atoms with Crippen LogP contribution in [-0.2, 0) is 0 Å². The first-order valence-electron chi connectivity index (χ1n) is 8.37. The maximum absolute atomic E-state index is 12.4. The normalized spacial score (nSPS) is 31.8. The third-order valence-electron chi connectivity index (χ3n) is 4.89. The molecule has 1 saturated carbocycles. The average molecular weight is 324 g/mol. The summed E-state index contributed by atoms with van der Waals surface area (Å²) in [5, 5.41) is 13.3. The molecule has 2 aliphatic rings. The summed E-state index contributed by atoms with van der Waals surface area (Å²) in [6.45, 7) is 3.71. The summed E-state index contributed by atoms with van der Waals surface area (Å²) in [6, 6.07) is 0.227.